The second kappa shape index (κ2) is 7.68. The summed E-state index contributed by atoms with van der Waals surface area (Å²) in [5, 5.41) is 0. The minimum atomic E-state index is -0.224. The van der Waals surface area contributed by atoms with Gasteiger partial charge in [0, 0.05) is 31.3 Å². The average Bonchev–Trinajstić information content (AvgIpc) is 3.00. The Kier molecular flexibility index (Phi) is 5.80. The highest BCUT2D eigenvalue weighted by Crippen LogP contribution is 2.63. The molecule has 4 aliphatic rings. The van der Waals surface area contributed by atoms with Crippen LogP contribution in [0.3, 0.4) is 0 Å². The fourth-order valence-corrected chi connectivity index (χ4v) is 6.23. The fraction of sp³-hybridized carbons (Fsp3) is 0.750. The van der Waals surface area contributed by atoms with Gasteiger partial charge in [-0.1, -0.05) is 44.9 Å². The van der Waals surface area contributed by atoms with E-state index in [9.17, 15) is 9.59 Å². The zero-order valence-corrected chi connectivity index (χ0v) is 18.5. The Labute approximate surface area is 170 Å². The summed E-state index contributed by atoms with van der Waals surface area (Å²) in [6.07, 6.45) is 11.1. The van der Waals surface area contributed by atoms with Crippen molar-refractivity contribution in [3.8, 4) is 0 Å². The van der Waals surface area contributed by atoms with Crippen molar-refractivity contribution in [1.82, 2.24) is 4.90 Å². The first-order chi connectivity index (χ1) is 13.3. The van der Waals surface area contributed by atoms with E-state index in [-0.39, 0.29) is 23.0 Å². The Balaban J connectivity index is 0.00000109. The van der Waals surface area contributed by atoms with E-state index in [1.807, 2.05) is 19.9 Å². The molecule has 0 heterocycles. The largest absolute Gasteiger partial charge is 0.446 e. The maximum absolute atomic E-state index is 12.1. The van der Waals surface area contributed by atoms with Crippen molar-refractivity contribution < 1.29 is 14.3 Å². The van der Waals surface area contributed by atoms with Crippen LogP contribution in [0.1, 0.15) is 72.6 Å². The van der Waals surface area contributed by atoms with Gasteiger partial charge in [0.1, 0.15) is 6.10 Å². The Bertz CT molecular complexity index is 707. The van der Waals surface area contributed by atoms with Crippen molar-refractivity contribution in [3.05, 3.63) is 23.3 Å². The van der Waals surface area contributed by atoms with Crippen LogP contribution in [0.25, 0.3) is 0 Å². The van der Waals surface area contributed by atoms with Gasteiger partial charge in [-0.2, -0.15) is 0 Å². The van der Waals surface area contributed by atoms with Gasteiger partial charge in [0.15, 0.2) is 5.78 Å². The third kappa shape index (κ3) is 3.23. The van der Waals surface area contributed by atoms with Gasteiger partial charge < -0.3 is 9.64 Å². The SMILES string of the molecule is CC.CN(C)C(=O)OC1CCC2C3CCC4=CC(=O)CC[C@]4(C)C3=CC[C@]12C. The molecule has 4 rings (SSSR count). The third-order valence-electron chi connectivity index (χ3n) is 7.85. The average molecular weight is 388 g/mol. The lowest BCUT2D eigenvalue weighted by Gasteiger charge is -2.53. The van der Waals surface area contributed by atoms with Crippen LogP contribution in [0, 0.1) is 22.7 Å². The van der Waals surface area contributed by atoms with Crippen LogP contribution in [0.5, 0.6) is 0 Å². The highest BCUT2D eigenvalue weighted by molar-refractivity contribution is 5.92. The molecule has 0 aliphatic heterocycles. The lowest BCUT2D eigenvalue weighted by Crippen LogP contribution is -2.46. The van der Waals surface area contributed by atoms with E-state index in [1.54, 1.807) is 19.7 Å². The molecular formula is C24H37NO3. The van der Waals surface area contributed by atoms with Crippen LogP contribution in [0.2, 0.25) is 0 Å². The van der Waals surface area contributed by atoms with Gasteiger partial charge in [-0.05, 0) is 56.4 Å². The minimum Gasteiger partial charge on any atom is -0.446 e. The first-order valence-corrected chi connectivity index (χ1v) is 11.1. The molecule has 4 nitrogen and oxygen atoms in total. The van der Waals surface area contributed by atoms with Crippen molar-refractivity contribution in [2.75, 3.05) is 14.1 Å². The molecule has 0 saturated heterocycles. The molecule has 0 radical (unpaired) electrons. The number of amides is 1. The van der Waals surface area contributed by atoms with E-state index in [1.165, 1.54) is 10.5 Å². The van der Waals surface area contributed by atoms with Gasteiger partial charge in [-0.25, -0.2) is 4.79 Å². The molecule has 4 aliphatic carbocycles. The second-order valence-electron chi connectivity index (χ2n) is 9.43. The molecule has 3 unspecified atom stereocenters. The summed E-state index contributed by atoms with van der Waals surface area (Å²) in [6, 6.07) is 0. The summed E-state index contributed by atoms with van der Waals surface area (Å²) < 4.78 is 5.87. The van der Waals surface area contributed by atoms with Gasteiger partial charge in [0.2, 0.25) is 0 Å². The van der Waals surface area contributed by atoms with Gasteiger partial charge in [-0.15, -0.1) is 0 Å². The lowest BCUT2D eigenvalue weighted by atomic mass is 9.52. The minimum absolute atomic E-state index is 0.0119. The number of rotatable bonds is 1. The van der Waals surface area contributed by atoms with Crippen molar-refractivity contribution in [2.45, 2.75) is 78.7 Å². The maximum atomic E-state index is 12.1. The Hall–Kier alpha value is -1.58. The molecule has 0 aromatic rings. The van der Waals surface area contributed by atoms with E-state index in [0.717, 1.165) is 38.5 Å². The zero-order chi connectivity index (χ0) is 20.7. The first kappa shape index (κ1) is 21.1. The molecule has 2 saturated carbocycles. The molecule has 4 heteroatoms. The van der Waals surface area contributed by atoms with E-state index >= 15 is 0 Å². The molecule has 0 aromatic heterocycles. The number of ketones is 1. The lowest BCUT2D eigenvalue weighted by molar-refractivity contribution is -0.115. The molecule has 0 bridgehead atoms. The topological polar surface area (TPSA) is 46.6 Å². The van der Waals surface area contributed by atoms with Crippen LogP contribution in [0.15, 0.2) is 23.3 Å². The summed E-state index contributed by atoms with van der Waals surface area (Å²) in [5.74, 6) is 1.46. The summed E-state index contributed by atoms with van der Waals surface area (Å²) >= 11 is 0. The van der Waals surface area contributed by atoms with Crippen LogP contribution >= 0.6 is 0 Å². The fourth-order valence-electron chi connectivity index (χ4n) is 6.23. The second-order valence-corrected chi connectivity index (χ2v) is 9.43. The Morgan fingerprint density at radius 2 is 1.86 bits per heavy atom. The number of ether oxygens (including phenoxy) is 1. The van der Waals surface area contributed by atoms with Crippen LogP contribution in [-0.4, -0.2) is 37.0 Å². The smallest absolute Gasteiger partial charge is 0.409 e. The molecule has 0 aromatic carbocycles. The number of nitrogens with zero attached hydrogens (tertiary/aromatic N) is 1. The number of hydrogen-bond acceptors (Lipinski definition) is 3. The molecule has 5 atom stereocenters. The number of hydrogen-bond donors (Lipinski definition) is 0. The molecule has 0 spiro atoms. The molecule has 28 heavy (non-hydrogen) atoms. The monoisotopic (exact) mass is 387 g/mol. The van der Waals surface area contributed by atoms with Crippen LogP contribution < -0.4 is 0 Å². The number of fused-ring (bicyclic) bond motifs is 5. The van der Waals surface area contributed by atoms with Crippen molar-refractivity contribution in [2.24, 2.45) is 22.7 Å². The van der Waals surface area contributed by atoms with E-state index in [4.69, 9.17) is 4.74 Å². The number of carbonyl (C=O) groups excluding carboxylic acids is 2. The first-order valence-electron chi connectivity index (χ1n) is 11.1. The van der Waals surface area contributed by atoms with Gasteiger partial charge in [0.25, 0.3) is 0 Å². The predicted octanol–water partition coefficient (Wildman–Crippen LogP) is 5.53. The highest BCUT2D eigenvalue weighted by Gasteiger charge is 2.57. The van der Waals surface area contributed by atoms with Crippen molar-refractivity contribution in [1.29, 1.82) is 0 Å². The number of allylic oxidation sites excluding steroid dienone is 4. The van der Waals surface area contributed by atoms with Gasteiger partial charge in [-0.3, -0.25) is 4.79 Å². The van der Waals surface area contributed by atoms with E-state index < -0.39 is 0 Å². The van der Waals surface area contributed by atoms with Crippen LogP contribution in [-0.2, 0) is 9.53 Å². The summed E-state index contributed by atoms with van der Waals surface area (Å²) in [6.45, 7) is 8.67. The zero-order valence-electron chi connectivity index (χ0n) is 18.5. The normalized spacial score (nSPS) is 38.6. The van der Waals surface area contributed by atoms with E-state index in [0.29, 0.717) is 24.0 Å². The Morgan fingerprint density at radius 3 is 2.54 bits per heavy atom. The summed E-state index contributed by atoms with van der Waals surface area (Å²) in [5.41, 5.74) is 3.05. The molecular weight excluding hydrogens is 350 g/mol. The maximum Gasteiger partial charge on any atom is 0.409 e. The van der Waals surface area contributed by atoms with E-state index in [2.05, 4.69) is 19.9 Å². The molecule has 156 valence electrons. The standard InChI is InChI=1S/C22H31NO3.C2H6/c1-21-11-9-15(24)13-14(21)5-6-16-17-7-8-19(26-20(25)23(3)4)22(17,2)12-10-18(16)21;1-2/h10,13,16-17,19H,5-9,11-12H2,1-4H3;1-2H3/t16?,17?,19?,21-,22-;/m0./s1. The molecule has 0 N–H and O–H groups in total. The quantitative estimate of drug-likeness (QED) is 0.556. The third-order valence-corrected chi connectivity index (χ3v) is 7.85. The highest BCUT2D eigenvalue weighted by atomic mass is 16.6. The van der Waals surface area contributed by atoms with Crippen molar-refractivity contribution in [3.63, 3.8) is 0 Å². The predicted molar refractivity (Wildman–Crippen MR) is 112 cm³/mol. The number of carbonyl (C=O) groups is 2. The van der Waals surface area contributed by atoms with Gasteiger partial charge in [0.05, 0.1) is 0 Å². The molecule has 1 amide bonds. The van der Waals surface area contributed by atoms with Crippen molar-refractivity contribution >= 4 is 11.9 Å². The Morgan fingerprint density at radius 1 is 1.14 bits per heavy atom. The summed E-state index contributed by atoms with van der Waals surface area (Å²) in [7, 11) is 3.49. The summed E-state index contributed by atoms with van der Waals surface area (Å²) in [4.78, 5) is 25.5. The molecule has 2 fully saturated rings. The van der Waals surface area contributed by atoms with Gasteiger partial charge >= 0.3 is 6.09 Å². The van der Waals surface area contributed by atoms with Crippen LogP contribution in [0.4, 0.5) is 4.79 Å².